The number of methoxy groups -OCH3 is 1. The maximum atomic E-state index is 11.0. The fraction of sp³-hybridized carbons (Fsp3) is 0.167. The number of carbonyl (C=O) groups excluding carboxylic acids is 1. The van der Waals surface area contributed by atoms with E-state index in [0.29, 0.717) is 5.76 Å². The Kier molecular flexibility index (Phi) is 1.33. The van der Waals surface area contributed by atoms with Crippen LogP contribution in [-0.4, -0.2) is 23.2 Å². The molecule has 0 unspecified atom stereocenters. The lowest BCUT2D eigenvalue weighted by Crippen LogP contribution is -2.02. The van der Waals surface area contributed by atoms with Crippen LogP contribution in [0, 0.1) is 0 Å². The molecule has 6 heteroatoms. The van der Waals surface area contributed by atoms with Gasteiger partial charge >= 0.3 is 5.97 Å². The molecule has 2 rings (SSSR count). The second-order valence-electron chi connectivity index (χ2n) is 2.06. The van der Waals surface area contributed by atoms with Gasteiger partial charge in [-0.2, -0.15) is 4.68 Å². The van der Waals surface area contributed by atoms with Gasteiger partial charge in [0.15, 0.2) is 11.4 Å². The highest BCUT2D eigenvalue weighted by Crippen LogP contribution is 2.23. The highest BCUT2D eigenvalue weighted by molar-refractivity contribution is 5.93. The summed E-state index contributed by atoms with van der Waals surface area (Å²) in [5, 5.41) is 3.44. The Bertz CT molecular complexity index is 377. The van der Waals surface area contributed by atoms with E-state index >= 15 is 0 Å². The van der Waals surface area contributed by atoms with Crippen LogP contribution in [0.5, 0.6) is 0 Å². The van der Waals surface area contributed by atoms with Crippen molar-refractivity contribution in [2.45, 2.75) is 0 Å². The van der Waals surface area contributed by atoms with Gasteiger partial charge in [0.05, 0.1) is 13.3 Å². The molecule has 0 aliphatic carbocycles. The van der Waals surface area contributed by atoms with Gasteiger partial charge in [0, 0.05) is 0 Å². The standard InChI is InChI=1S/C6H4N2O4/c1-10-6(9)5-4-3(2-7-5)11-12-8-4/h2H,1H3. The molecule has 2 aliphatic heterocycles. The van der Waals surface area contributed by atoms with E-state index in [4.69, 9.17) is 0 Å². The van der Waals surface area contributed by atoms with Crippen LogP contribution in [0.25, 0.3) is 11.5 Å². The van der Waals surface area contributed by atoms with E-state index in [0.717, 1.165) is 0 Å². The van der Waals surface area contributed by atoms with Gasteiger partial charge in [0.25, 0.3) is 0 Å². The van der Waals surface area contributed by atoms with Crippen molar-refractivity contribution in [2.75, 3.05) is 7.11 Å². The molecule has 0 N–H and O–H groups in total. The molecule has 0 radical (unpaired) electrons. The predicted octanol–water partition coefficient (Wildman–Crippen LogP) is 0.554. The fourth-order valence-electron chi connectivity index (χ4n) is 0.853. The van der Waals surface area contributed by atoms with Crippen molar-refractivity contribution < 1.29 is 18.8 Å². The van der Waals surface area contributed by atoms with Crippen molar-refractivity contribution >= 4 is 5.97 Å². The first-order valence-electron chi connectivity index (χ1n) is 3.11. The number of hydrogen-bond acceptors (Lipinski definition) is 6. The quantitative estimate of drug-likeness (QED) is 0.457. The van der Waals surface area contributed by atoms with Crippen molar-refractivity contribution in [3.63, 3.8) is 0 Å². The Morgan fingerprint density at radius 3 is 3.25 bits per heavy atom. The first-order valence-corrected chi connectivity index (χ1v) is 3.11. The molecule has 12 heavy (non-hydrogen) atoms. The smallest absolute Gasteiger partial charge is 0.359 e. The number of aromatic nitrogens is 2. The van der Waals surface area contributed by atoms with E-state index in [1.165, 1.54) is 13.3 Å². The van der Waals surface area contributed by atoms with Gasteiger partial charge in [-0.3, -0.25) is 4.58 Å². The fourth-order valence-corrected chi connectivity index (χ4v) is 0.853. The Labute approximate surface area is 66.4 Å². The zero-order valence-electron chi connectivity index (χ0n) is 6.10. The highest BCUT2D eigenvalue weighted by Gasteiger charge is 2.24. The third kappa shape index (κ3) is 0.777. The third-order valence-electron chi connectivity index (χ3n) is 1.40. The van der Waals surface area contributed by atoms with Crippen LogP contribution in [0.2, 0.25) is 0 Å². The molecule has 6 nitrogen and oxygen atoms in total. The molecule has 0 spiro atoms. The van der Waals surface area contributed by atoms with Crippen molar-refractivity contribution in [1.29, 1.82) is 0 Å². The van der Waals surface area contributed by atoms with E-state index in [1.807, 2.05) is 0 Å². The maximum Gasteiger partial charge on any atom is 0.359 e. The van der Waals surface area contributed by atoms with Crippen LogP contribution in [0.1, 0.15) is 10.5 Å². The zero-order valence-corrected chi connectivity index (χ0v) is 6.10. The minimum atomic E-state index is -0.561. The summed E-state index contributed by atoms with van der Waals surface area (Å²) >= 11 is 0. The van der Waals surface area contributed by atoms with Crippen molar-refractivity contribution in [2.24, 2.45) is 0 Å². The van der Waals surface area contributed by atoms with Crippen molar-refractivity contribution in [3.05, 3.63) is 11.9 Å². The zero-order chi connectivity index (χ0) is 8.55. The normalized spacial score (nSPS) is 10.4. The monoisotopic (exact) mass is 168 g/mol. The molecule has 0 atom stereocenters. The van der Waals surface area contributed by atoms with Gasteiger partial charge in [-0.25, -0.2) is 9.78 Å². The molecule has 0 aromatic rings. The summed E-state index contributed by atoms with van der Waals surface area (Å²) in [5.41, 5.74) is 0.381. The molecule has 62 valence electrons. The van der Waals surface area contributed by atoms with Crippen LogP contribution >= 0.6 is 0 Å². The largest absolute Gasteiger partial charge is 0.464 e. The Balaban J connectivity index is 2.50. The van der Waals surface area contributed by atoms with Crippen molar-refractivity contribution in [1.82, 2.24) is 10.1 Å². The predicted molar refractivity (Wildman–Crippen MR) is 34.5 cm³/mol. The summed E-state index contributed by atoms with van der Waals surface area (Å²) in [6, 6.07) is 0. The molecular formula is C6H4N2O4. The van der Waals surface area contributed by atoms with Crippen LogP contribution in [-0.2, 0) is 4.74 Å². The molecule has 0 fully saturated rings. The molecule has 0 amide bonds. The average molecular weight is 168 g/mol. The van der Waals surface area contributed by atoms with Gasteiger partial charge in [0.1, 0.15) is 0 Å². The molecule has 0 aromatic heterocycles. The molecular weight excluding hydrogens is 164 g/mol. The number of nitrogens with zero attached hydrogens (tertiary/aromatic N) is 2. The first-order chi connectivity index (χ1) is 5.83. The molecule has 2 aliphatic rings. The summed E-state index contributed by atoms with van der Waals surface area (Å²) in [6.07, 6.45) is 1.35. The highest BCUT2D eigenvalue weighted by atomic mass is 17.0. The number of rotatable bonds is 1. The third-order valence-corrected chi connectivity index (χ3v) is 1.40. The number of hydrogen-bond donors (Lipinski definition) is 0. The lowest BCUT2D eigenvalue weighted by Gasteiger charge is -1.91. The van der Waals surface area contributed by atoms with Gasteiger partial charge in [0.2, 0.25) is 5.76 Å². The number of esters is 1. The Hall–Kier alpha value is -1.85. The minimum absolute atomic E-state index is 0.102. The molecule has 0 saturated carbocycles. The lowest BCUT2D eigenvalue weighted by molar-refractivity contribution is 0.0163. The first kappa shape index (κ1) is 6.84. The number of fused-ring (bicyclic) bond motifs is 1. The summed E-state index contributed by atoms with van der Waals surface area (Å²) in [4.78, 5) is 14.7. The Morgan fingerprint density at radius 1 is 1.67 bits per heavy atom. The van der Waals surface area contributed by atoms with E-state index in [-0.39, 0.29) is 11.4 Å². The van der Waals surface area contributed by atoms with Crippen LogP contribution in [0.4, 0.5) is 0 Å². The van der Waals surface area contributed by atoms with Crippen LogP contribution in [0.15, 0.2) is 15.5 Å². The summed E-state index contributed by atoms with van der Waals surface area (Å²) in [7, 11) is 1.26. The van der Waals surface area contributed by atoms with E-state index < -0.39 is 5.97 Å². The second kappa shape index (κ2) is 2.33. The Morgan fingerprint density at radius 2 is 2.50 bits per heavy atom. The van der Waals surface area contributed by atoms with E-state index in [2.05, 4.69) is 24.1 Å². The molecule has 0 saturated heterocycles. The van der Waals surface area contributed by atoms with Crippen molar-refractivity contribution in [3.8, 4) is 11.5 Å². The number of ether oxygens (including phenoxy) is 1. The maximum absolute atomic E-state index is 11.0. The summed E-state index contributed by atoms with van der Waals surface area (Å²) in [5.74, 6) is -0.232. The molecule has 2 heterocycles. The minimum Gasteiger partial charge on any atom is -0.464 e. The lowest BCUT2D eigenvalue weighted by atomic mass is 10.3. The van der Waals surface area contributed by atoms with Gasteiger partial charge in [-0.05, 0) is 5.16 Å². The molecule has 0 aromatic carbocycles. The average Bonchev–Trinajstić information content (AvgIpc) is 2.62. The van der Waals surface area contributed by atoms with Gasteiger partial charge < -0.3 is 4.74 Å². The van der Waals surface area contributed by atoms with Crippen LogP contribution < -0.4 is 0 Å². The summed E-state index contributed by atoms with van der Waals surface area (Å²) < 4.78 is 13.3. The summed E-state index contributed by atoms with van der Waals surface area (Å²) in [6.45, 7) is 0. The van der Waals surface area contributed by atoms with Crippen LogP contribution in [0.3, 0.4) is 0 Å². The SMILES string of the molecule is COC(=O)c1ncc2oonc1-2. The van der Waals surface area contributed by atoms with Gasteiger partial charge in [-0.15, -0.1) is 0 Å². The van der Waals surface area contributed by atoms with Gasteiger partial charge in [-0.1, -0.05) is 0 Å². The van der Waals surface area contributed by atoms with E-state index in [9.17, 15) is 4.79 Å². The topological polar surface area (TPSA) is 78.4 Å². The second-order valence-corrected chi connectivity index (χ2v) is 2.06. The number of carbonyl (C=O) groups is 1. The van der Waals surface area contributed by atoms with E-state index in [1.54, 1.807) is 0 Å². The molecule has 0 bridgehead atoms.